The molecule has 4 aromatic heterocycles. The van der Waals surface area contributed by atoms with Gasteiger partial charge in [-0.25, -0.2) is 43.3 Å². The van der Waals surface area contributed by atoms with Gasteiger partial charge >= 0.3 is 11.9 Å². The number of ketones is 1. The van der Waals surface area contributed by atoms with Gasteiger partial charge in [0.25, 0.3) is 29.5 Å². The van der Waals surface area contributed by atoms with E-state index in [-0.39, 0.29) is 174 Å². The van der Waals surface area contributed by atoms with Gasteiger partial charge in [-0.1, -0.05) is 40.2 Å². The third kappa shape index (κ3) is 22.3. The quantitative estimate of drug-likeness (QED) is 0.0163. The zero-order valence-electron chi connectivity index (χ0n) is 75.1. The molecule has 4 aliphatic heterocycles. The molecule has 39 nitrogen and oxygen atoms in total. The SMILES string of the molecule is CC(O)Cn1nc(C(=O)NCc2ccc(C#N)cc2)c2c1C(=O)N(CC1(S(=O)(=O)C3CC3)CC1)CC2.CC(O)Cn1nc(C(=O)O)c2c1C(=O)N(CC1(S(=O)(=O)C3CC3)CC1)CC2.CCOC(=O)c1nn(CC(C)O)c2c1CCNC2=O.COCC(=O)c1nn(CC(C)O)c2c1CCN(CC1(S(=O)(=O)C3CC3)CC1)C2=O.Cl.N#Cc1ccc(CN)cc1.O=S(=O)(C1CC1)C1(CBr)CC1. The van der Waals surface area contributed by atoms with E-state index in [0.717, 1.165) is 36.8 Å². The Labute approximate surface area is 786 Å². The highest BCUT2D eigenvalue weighted by Gasteiger charge is 2.64. The summed E-state index contributed by atoms with van der Waals surface area (Å²) in [6.45, 7) is 11.0. The second-order valence-corrected chi connectivity index (χ2v) is 47.5. The third-order valence-corrected chi connectivity index (χ3v) is 39.5. The number of ether oxygens (including phenoxy) is 2. The third-order valence-electron chi connectivity index (χ3n) is 25.7. The topological polar surface area (TPSA) is 571 Å². The first kappa shape index (κ1) is 102. The Balaban J connectivity index is 0.000000150. The van der Waals surface area contributed by atoms with Crippen LogP contribution in [0.1, 0.15) is 266 Å². The second-order valence-electron chi connectivity index (χ2n) is 36.5. The molecule has 18 rings (SSSR count). The number of carboxylic acid groups (broad SMARTS) is 1. The molecular weight excluding hydrogens is 1890 g/mol. The van der Waals surface area contributed by atoms with E-state index in [1.807, 2.05) is 24.3 Å². The summed E-state index contributed by atoms with van der Waals surface area (Å²) in [5.74, 6) is -3.86. The predicted molar refractivity (Wildman–Crippen MR) is 488 cm³/mol. The maximum absolute atomic E-state index is 13.5. The number of aliphatic hydroxyl groups excluding tert-OH is 4. The Morgan fingerprint density at radius 3 is 1.18 bits per heavy atom. The number of aliphatic hydroxyl groups is 4. The van der Waals surface area contributed by atoms with Crippen LogP contribution in [0, 0.1) is 22.7 Å². The number of alkyl halides is 1. The van der Waals surface area contributed by atoms with Gasteiger partial charge in [-0.15, -0.1) is 12.4 Å². The number of hydrogen-bond donors (Lipinski definition) is 8. The lowest BCUT2D eigenvalue weighted by atomic mass is 10.0. The molecular formula is C88H116BrClN16O23S4. The first-order chi connectivity index (χ1) is 62.5. The van der Waals surface area contributed by atoms with Crippen molar-refractivity contribution in [2.24, 2.45) is 5.73 Å². The van der Waals surface area contributed by atoms with Crippen LogP contribution in [0.15, 0.2) is 48.5 Å². The summed E-state index contributed by atoms with van der Waals surface area (Å²) in [7, 11) is -11.1. The molecule has 8 heterocycles. The number of rotatable bonds is 33. The molecule has 4 unspecified atom stereocenters. The molecule has 8 fully saturated rings. The number of Topliss-reactive ketones (excluding diaryl/α,β-unsaturated/α-hetero) is 1. The van der Waals surface area contributed by atoms with Crippen molar-refractivity contribution in [1.82, 2.24) is 64.5 Å². The maximum Gasteiger partial charge on any atom is 0.359 e. The molecule has 0 bridgehead atoms. The summed E-state index contributed by atoms with van der Waals surface area (Å²) in [5, 5.41) is 87.8. The number of amides is 5. The van der Waals surface area contributed by atoms with Crippen molar-refractivity contribution in [3.05, 3.63) is 139 Å². The molecule has 2 aromatic carbocycles. The molecule has 45 heteroatoms. The number of sulfone groups is 4. The van der Waals surface area contributed by atoms with E-state index < -0.39 is 102 Å². The lowest BCUT2D eigenvalue weighted by molar-refractivity contribution is 0.0514. The van der Waals surface area contributed by atoms with Gasteiger partial charge in [0.05, 0.1) is 120 Å². The fourth-order valence-electron chi connectivity index (χ4n) is 17.2. The van der Waals surface area contributed by atoms with Gasteiger partial charge in [0.15, 0.2) is 56.4 Å². The van der Waals surface area contributed by atoms with Crippen molar-refractivity contribution < 1.29 is 107 Å². The van der Waals surface area contributed by atoms with Crippen molar-refractivity contribution in [3.63, 3.8) is 0 Å². The number of methoxy groups -OCH3 is 1. The minimum Gasteiger partial charge on any atom is -0.476 e. The summed E-state index contributed by atoms with van der Waals surface area (Å²) >= 11 is 3.29. The first-order valence-electron chi connectivity index (χ1n) is 44.7. The van der Waals surface area contributed by atoms with Crippen molar-refractivity contribution in [3.8, 4) is 12.1 Å². The highest BCUT2D eigenvalue weighted by atomic mass is 79.9. The zero-order valence-corrected chi connectivity index (χ0v) is 80.8. The number of benzene rings is 2. The molecule has 8 aliphatic carbocycles. The van der Waals surface area contributed by atoms with E-state index in [2.05, 4.69) is 47.0 Å². The summed E-state index contributed by atoms with van der Waals surface area (Å²) in [5.41, 5.74) is 11.8. The minimum absolute atomic E-state index is 0. The number of nitriles is 2. The molecule has 724 valence electrons. The number of aromatic nitrogens is 8. The number of fused-ring (bicyclic) bond motifs is 4. The largest absolute Gasteiger partial charge is 0.476 e. The number of hydrogen-bond acceptors (Lipinski definition) is 29. The fourth-order valence-corrected chi connectivity index (χ4v) is 28.4. The Morgan fingerprint density at radius 2 is 0.850 bits per heavy atom. The van der Waals surface area contributed by atoms with E-state index in [9.17, 15) is 97.6 Å². The van der Waals surface area contributed by atoms with E-state index in [0.29, 0.717) is 173 Å². The van der Waals surface area contributed by atoms with Gasteiger partial charge in [-0.3, -0.25) is 47.5 Å². The van der Waals surface area contributed by atoms with Gasteiger partial charge < -0.3 is 66.1 Å². The van der Waals surface area contributed by atoms with Gasteiger partial charge in [-0.05, 0) is 198 Å². The Hall–Kier alpha value is -9.45. The maximum atomic E-state index is 13.5. The standard InChI is InChI=1S/C25H29N5O5S.C19H27N3O6S.C17H23N3O6S.C12H17N3O4.C8H8N2.C7H11BrO2S.ClH/c1-16(31)14-30-22-20(21(28-30)23(32)27-13-18-4-2-17(12-26)3-5-18)8-11-29(24(22)33)15-25(9-10-25)36(34,35)19-6-7-19;1-12(23)9-22-17-14(16(20-22)15(24)10-28-2)5-8-21(18(17)25)11-19(6-7-19)29(26,27)13-3-4-13;1-10(21)8-20-14-12(13(18-20)16(23)24)4-7-19(15(14)22)9-17(5-6-17)27(25,26)11-2-3-11;1-3-19-12(18)9-8-4-5-13-11(17)10(8)15(14-9)6-7(2)16;9-5-7-1-2-8(6-10)4-3-7;8-5-7(3-4-7)11(9,10)6-1-2-6;/h2-5,16,19,31H,6-11,13-15H2,1H3,(H,27,32);12-13,23H,3-11H2,1-2H3;10-11,21H,2-9H2,1H3,(H,23,24);7,16H,3-6H2,1-2H3,(H,13,17);1-4H,5,9H2;6H,1-5H2;1H. The highest BCUT2D eigenvalue weighted by molar-refractivity contribution is 9.09. The number of nitrogens with one attached hydrogen (secondary N) is 2. The van der Waals surface area contributed by atoms with E-state index in [4.69, 9.17) is 25.7 Å². The fraction of sp³-hybridized carbons (Fsp3) is 0.614. The summed E-state index contributed by atoms with van der Waals surface area (Å²) in [4.78, 5) is 105. The molecule has 0 radical (unpaired) electrons. The molecule has 9 N–H and O–H groups in total. The minimum atomic E-state index is -3.27. The molecule has 4 atom stereocenters. The van der Waals surface area contributed by atoms with E-state index in [1.165, 1.54) is 37.7 Å². The molecule has 8 saturated carbocycles. The lowest BCUT2D eigenvalue weighted by Gasteiger charge is -2.31. The van der Waals surface area contributed by atoms with Crippen LogP contribution in [0.25, 0.3) is 0 Å². The van der Waals surface area contributed by atoms with Crippen molar-refractivity contribution >= 4 is 115 Å². The van der Waals surface area contributed by atoms with Crippen molar-refractivity contribution in [1.29, 1.82) is 10.5 Å². The van der Waals surface area contributed by atoms with Crippen LogP contribution in [-0.2, 0) is 114 Å². The van der Waals surface area contributed by atoms with Crippen LogP contribution in [0.5, 0.6) is 0 Å². The predicted octanol–water partition coefficient (Wildman–Crippen LogP) is 4.10. The number of esters is 1. The average molecular weight is 2010 g/mol. The number of aromatic carboxylic acids is 1. The van der Waals surface area contributed by atoms with Crippen LogP contribution >= 0.6 is 28.3 Å². The molecule has 6 aromatic rings. The lowest BCUT2D eigenvalue weighted by Crippen LogP contribution is -2.47. The monoisotopic (exact) mass is 2010 g/mol. The van der Waals surface area contributed by atoms with Crippen LogP contribution in [0.4, 0.5) is 0 Å². The molecule has 133 heavy (non-hydrogen) atoms. The highest BCUT2D eigenvalue weighted by Crippen LogP contribution is 2.55. The van der Waals surface area contributed by atoms with Gasteiger partial charge in [0.2, 0.25) is 5.78 Å². The Kier molecular flexibility index (Phi) is 31.8. The number of carboxylic acids is 1. The number of carbonyl (C=O) groups is 8. The van der Waals surface area contributed by atoms with Crippen LogP contribution in [0.3, 0.4) is 0 Å². The smallest absolute Gasteiger partial charge is 0.359 e. The summed E-state index contributed by atoms with van der Waals surface area (Å²) < 4.78 is 113. The van der Waals surface area contributed by atoms with E-state index in [1.54, 1.807) is 73.9 Å². The second kappa shape index (κ2) is 41.2. The van der Waals surface area contributed by atoms with Crippen LogP contribution in [0.2, 0.25) is 0 Å². The van der Waals surface area contributed by atoms with Gasteiger partial charge in [0, 0.05) is 93.6 Å². The van der Waals surface area contributed by atoms with Gasteiger partial charge in [0.1, 0.15) is 35.1 Å². The zero-order chi connectivity index (χ0) is 95.7. The first-order valence-corrected chi connectivity index (χ1v) is 52.0. The Bertz CT molecular complexity index is 5990. The van der Waals surface area contributed by atoms with Crippen molar-refractivity contribution in [2.45, 2.75) is 267 Å². The van der Waals surface area contributed by atoms with Crippen LogP contribution in [-0.4, -0.2) is 296 Å². The number of nitrogens with zero attached hydrogens (tertiary/aromatic N) is 13. The van der Waals surface area contributed by atoms with Crippen LogP contribution < -0.4 is 16.4 Å². The van der Waals surface area contributed by atoms with Crippen molar-refractivity contribution in [2.75, 3.05) is 71.5 Å². The number of halogens is 2. The summed E-state index contributed by atoms with van der Waals surface area (Å²) in [6.07, 6.45) is 9.85. The number of carbonyl (C=O) groups excluding carboxylic acids is 7. The molecule has 12 aliphatic rings. The average Bonchev–Trinajstić information content (AvgIpc) is 1.55. The number of nitrogens with two attached hydrogens (primary N) is 1. The van der Waals surface area contributed by atoms with Gasteiger partial charge in [-0.2, -0.15) is 30.9 Å². The Morgan fingerprint density at radius 1 is 0.519 bits per heavy atom. The van der Waals surface area contributed by atoms with E-state index >= 15 is 0 Å². The summed E-state index contributed by atoms with van der Waals surface area (Å²) in [6, 6.07) is 18.2. The normalized spacial score (nSPS) is 19.8. The molecule has 0 spiro atoms. The molecule has 5 amide bonds. The molecule has 0 saturated heterocycles.